The van der Waals surface area contributed by atoms with Gasteiger partial charge >= 0.3 is 0 Å². The van der Waals surface area contributed by atoms with Crippen molar-refractivity contribution in [3.05, 3.63) is 29.8 Å². The van der Waals surface area contributed by atoms with E-state index in [1.54, 1.807) is 7.11 Å². The van der Waals surface area contributed by atoms with Crippen molar-refractivity contribution in [1.29, 1.82) is 0 Å². The number of carbonyl (C=O) groups is 1. The third-order valence-corrected chi connectivity index (χ3v) is 3.13. The number of fused-ring (bicyclic) bond motifs is 1. The maximum atomic E-state index is 11.7. The van der Waals surface area contributed by atoms with Gasteiger partial charge in [0.1, 0.15) is 6.61 Å². The molecule has 1 aromatic rings. The van der Waals surface area contributed by atoms with Crippen LogP contribution in [0.5, 0.6) is 0 Å². The molecule has 0 fully saturated rings. The molecule has 0 N–H and O–H groups in total. The van der Waals surface area contributed by atoms with Crippen molar-refractivity contribution in [2.24, 2.45) is 0 Å². The standard InChI is InChI=1S/C14H19NO2/c1-17-11-13(16)10-15-9-5-4-7-12-6-2-3-8-14(12)15/h2-3,6,8H,4-5,7,9-11H2,1H3. The predicted molar refractivity (Wildman–Crippen MR) is 68.5 cm³/mol. The summed E-state index contributed by atoms with van der Waals surface area (Å²) in [6, 6.07) is 8.38. The molecule has 0 saturated heterocycles. The summed E-state index contributed by atoms with van der Waals surface area (Å²) in [6.07, 6.45) is 3.46. The summed E-state index contributed by atoms with van der Waals surface area (Å²) in [5.41, 5.74) is 2.57. The number of hydrogen-bond acceptors (Lipinski definition) is 3. The van der Waals surface area contributed by atoms with Crippen LogP contribution in [0.1, 0.15) is 18.4 Å². The number of ether oxygens (including phenoxy) is 1. The van der Waals surface area contributed by atoms with Crippen LogP contribution in [0.2, 0.25) is 0 Å². The zero-order valence-electron chi connectivity index (χ0n) is 10.3. The van der Waals surface area contributed by atoms with Crippen molar-refractivity contribution in [2.75, 3.05) is 31.7 Å². The van der Waals surface area contributed by atoms with E-state index in [-0.39, 0.29) is 12.4 Å². The Bertz CT molecular complexity index is 390. The van der Waals surface area contributed by atoms with Crippen molar-refractivity contribution < 1.29 is 9.53 Å². The van der Waals surface area contributed by atoms with E-state index in [4.69, 9.17) is 4.74 Å². The fraction of sp³-hybridized carbons (Fsp3) is 0.500. The Morgan fingerprint density at radius 2 is 2.18 bits per heavy atom. The average Bonchev–Trinajstić information content (AvgIpc) is 2.53. The van der Waals surface area contributed by atoms with E-state index in [1.807, 2.05) is 6.07 Å². The quantitative estimate of drug-likeness (QED) is 0.797. The lowest BCUT2D eigenvalue weighted by Crippen LogP contribution is -2.32. The lowest BCUT2D eigenvalue weighted by atomic mass is 10.1. The summed E-state index contributed by atoms with van der Waals surface area (Å²) in [5, 5.41) is 0. The first-order chi connectivity index (χ1) is 8.31. The number of para-hydroxylation sites is 1. The van der Waals surface area contributed by atoms with Crippen LogP contribution in [0.4, 0.5) is 5.69 Å². The van der Waals surface area contributed by atoms with Gasteiger partial charge in [-0.1, -0.05) is 18.2 Å². The van der Waals surface area contributed by atoms with E-state index < -0.39 is 0 Å². The maximum Gasteiger partial charge on any atom is 0.177 e. The Kier molecular flexibility index (Phi) is 4.15. The minimum absolute atomic E-state index is 0.143. The number of hydrogen-bond donors (Lipinski definition) is 0. The highest BCUT2D eigenvalue weighted by atomic mass is 16.5. The van der Waals surface area contributed by atoms with Crippen LogP contribution in [0.3, 0.4) is 0 Å². The largest absolute Gasteiger partial charge is 0.377 e. The van der Waals surface area contributed by atoms with Gasteiger partial charge in [-0.15, -0.1) is 0 Å². The molecule has 1 aliphatic heterocycles. The van der Waals surface area contributed by atoms with Gasteiger partial charge in [-0.2, -0.15) is 0 Å². The molecule has 0 spiro atoms. The first-order valence-electron chi connectivity index (χ1n) is 6.15. The van der Waals surface area contributed by atoms with E-state index >= 15 is 0 Å². The van der Waals surface area contributed by atoms with Gasteiger partial charge in [0.2, 0.25) is 0 Å². The molecule has 0 bridgehead atoms. The Balaban J connectivity index is 2.14. The molecule has 3 heteroatoms. The van der Waals surface area contributed by atoms with Crippen molar-refractivity contribution in [3.63, 3.8) is 0 Å². The Hall–Kier alpha value is -1.35. The van der Waals surface area contributed by atoms with Gasteiger partial charge in [-0.05, 0) is 30.9 Å². The van der Waals surface area contributed by atoms with Crippen molar-refractivity contribution in [2.45, 2.75) is 19.3 Å². The fourth-order valence-corrected chi connectivity index (χ4v) is 2.35. The molecule has 0 saturated carbocycles. The summed E-state index contributed by atoms with van der Waals surface area (Å²) in [6.45, 7) is 1.63. The van der Waals surface area contributed by atoms with E-state index in [0.29, 0.717) is 6.54 Å². The van der Waals surface area contributed by atoms with Gasteiger partial charge in [0.15, 0.2) is 5.78 Å². The summed E-state index contributed by atoms with van der Waals surface area (Å²) in [7, 11) is 1.56. The molecule has 1 aliphatic rings. The molecule has 0 atom stereocenters. The molecule has 0 unspecified atom stereocenters. The maximum absolute atomic E-state index is 11.7. The van der Waals surface area contributed by atoms with Crippen molar-refractivity contribution in [1.82, 2.24) is 0 Å². The minimum Gasteiger partial charge on any atom is -0.377 e. The van der Waals surface area contributed by atoms with E-state index in [2.05, 4.69) is 23.1 Å². The van der Waals surface area contributed by atoms with E-state index in [1.165, 1.54) is 17.7 Å². The number of Topliss-reactive ketones (excluding diaryl/α,β-unsaturated/α-hetero) is 1. The molecule has 1 heterocycles. The second-order valence-corrected chi connectivity index (χ2v) is 4.48. The normalized spacial score (nSPS) is 15.2. The second kappa shape index (κ2) is 5.82. The lowest BCUT2D eigenvalue weighted by Gasteiger charge is -2.23. The Labute approximate surface area is 102 Å². The van der Waals surface area contributed by atoms with Gasteiger partial charge in [-0.25, -0.2) is 0 Å². The molecular formula is C14H19NO2. The summed E-state index contributed by atoms with van der Waals surface area (Å²) in [4.78, 5) is 13.9. The molecule has 3 nitrogen and oxygen atoms in total. The zero-order valence-corrected chi connectivity index (χ0v) is 10.3. The third kappa shape index (κ3) is 3.07. The topological polar surface area (TPSA) is 29.5 Å². The number of carbonyl (C=O) groups excluding carboxylic acids is 1. The third-order valence-electron chi connectivity index (χ3n) is 3.13. The highest BCUT2D eigenvalue weighted by Crippen LogP contribution is 2.25. The van der Waals surface area contributed by atoms with Crippen LogP contribution in [0.15, 0.2) is 24.3 Å². The van der Waals surface area contributed by atoms with Gasteiger partial charge in [0.25, 0.3) is 0 Å². The summed E-state index contributed by atoms with van der Waals surface area (Å²) < 4.78 is 4.89. The van der Waals surface area contributed by atoms with E-state index in [0.717, 1.165) is 19.4 Å². The van der Waals surface area contributed by atoms with Crippen molar-refractivity contribution in [3.8, 4) is 0 Å². The summed E-state index contributed by atoms with van der Waals surface area (Å²) in [5.74, 6) is 0.143. The molecule has 17 heavy (non-hydrogen) atoms. The van der Waals surface area contributed by atoms with Crippen LogP contribution < -0.4 is 4.90 Å². The van der Waals surface area contributed by atoms with Crippen LogP contribution >= 0.6 is 0 Å². The average molecular weight is 233 g/mol. The monoisotopic (exact) mass is 233 g/mol. The number of ketones is 1. The van der Waals surface area contributed by atoms with Crippen LogP contribution in [0, 0.1) is 0 Å². The number of methoxy groups -OCH3 is 1. The predicted octanol–water partition coefficient (Wildman–Crippen LogP) is 2.04. The first-order valence-corrected chi connectivity index (χ1v) is 6.15. The zero-order chi connectivity index (χ0) is 12.1. The van der Waals surface area contributed by atoms with Gasteiger partial charge in [-0.3, -0.25) is 4.79 Å². The van der Waals surface area contributed by atoms with Crippen LogP contribution in [-0.4, -0.2) is 32.6 Å². The lowest BCUT2D eigenvalue weighted by molar-refractivity contribution is -0.121. The highest BCUT2D eigenvalue weighted by Gasteiger charge is 2.16. The number of anilines is 1. The van der Waals surface area contributed by atoms with Crippen LogP contribution in [-0.2, 0) is 16.0 Å². The Morgan fingerprint density at radius 3 is 3.00 bits per heavy atom. The number of rotatable bonds is 4. The highest BCUT2D eigenvalue weighted by molar-refractivity contribution is 5.84. The van der Waals surface area contributed by atoms with Crippen molar-refractivity contribution >= 4 is 11.5 Å². The molecule has 0 aliphatic carbocycles. The molecule has 1 aromatic carbocycles. The number of benzene rings is 1. The fourth-order valence-electron chi connectivity index (χ4n) is 2.35. The van der Waals surface area contributed by atoms with E-state index in [9.17, 15) is 4.79 Å². The molecule has 92 valence electrons. The molecule has 0 amide bonds. The summed E-state index contributed by atoms with van der Waals surface area (Å²) >= 11 is 0. The second-order valence-electron chi connectivity index (χ2n) is 4.48. The van der Waals surface area contributed by atoms with Gasteiger partial charge in [0.05, 0.1) is 6.54 Å². The van der Waals surface area contributed by atoms with Gasteiger partial charge < -0.3 is 9.64 Å². The van der Waals surface area contributed by atoms with Gasteiger partial charge in [0, 0.05) is 19.3 Å². The molecular weight excluding hydrogens is 214 g/mol. The Morgan fingerprint density at radius 1 is 1.35 bits per heavy atom. The first kappa shape index (κ1) is 12.1. The molecule has 2 rings (SSSR count). The SMILES string of the molecule is COCC(=O)CN1CCCCc2ccccc21. The number of aryl methyl sites for hydroxylation is 1. The molecule has 0 aromatic heterocycles. The van der Waals surface area contributed by atoms with Crippen LogP contribution in [0.25, 0.3) is 0 Å². The molecule has 0 radical (unpaired) electrons. The number of nitrogens with zero attached hydrogens (tertiary/aromatic N) is 1. The smallest absolute Gasteiger partial charge is 0.177 e. The minimum atomic E-state index is 0.143.